The molecule has 2 saturated carbocycles. The summed E-state index contributed by atoms with van der Waals surface area (Å²) in [5.41, 5.74) is 0.611. The fourth-order valence-corrected chi connectivity index (χ4v) is 5.53. The highest BCUT2D eigenvalue weighted by molar-refractivity contribution is 6.10. The Hall–Kier alpha value is -2.63. The molecule has 6 nitrogen and oxygen atoms in total. The van der Waals surface area contributed by atoms with Gasteiger partial charge in [0.1, 0.15) is 11.8 Å². The molecule has 146 valence electrons. The number of imide groups is 1. The number of hydrogen-bond donors (Lipinski definition) is 1. The van der Waals surface area contributed by atoms with Crippen molar-refractivity contribution >= 4 is 23.4 Å². The SMILES string of the molecule is CCOc1ccc(NC(=O)[C@@H](C)N2C(=O)[C@H]3[C@@H]4C=C[C@H]([C@H]5C[C@H]45)[C@@H]3C2=O)cc1. The average Bonchev–Trinajstić information content (AvgIpc) is 3.47. The monoisotopic (exact) mass is 380 g/mol. The Labute approximate surface area is 163 Å². The minimum Gasteiger partial charge on any atom is -0.494 e. The number of amides is 3. The van der Waals surface area contributed by atoms with Gasteiger partial charge >= 0.3 is 0 Å². The highest BCUT2D eigenvalue weighted by Gasteiger charge is 2.67. The van der Waals surface area contributed by atoms with Crippen molar-refractivity contribution in [2.45, 2.75) is 26.3 Å². The second kappa shape index (κ2) is 6.19. The highest BCUT2D eigenvalue weighted by atomic mass is 16.5. The summed E-state index contributed by atoms with van der Waals surface area (Å²) in [6.45, 7) is 4.11. The van der Waals surface area contributed by atoms with Crippen LogP contribution in [0, 0.1) is 35.5 Å². The van der Waals surface area contributed by atoms with E-state index in [1.165, 1.54) is 4.90 Å². The van der Waals surface area contributed by atoms with E-state index in [0.717, 1.165) is 12.2 Å². The molecule has 1 N–H and O–H groups in total. The quantitative estimate of drug-likeness (QED) is 0.629. The van der Waals surface area contributed by atoms with E-state index < -0.39 is 6.04 Å². The van der Waals surface area contributed by atoms with E-state index >= 15 is 0 Å². The van der Waals surface area contributed by atoms with Crippen LogP contribution in [0.1, 0.15) is 20.3 Å². The summed E-state index contributed by atoms with van der Waals surface area (Å²) in [5.74, 6) is 0.939. The topological polar surface area (TPSA) is 75.7 Å². The molecule has 6 rings (SSSR count). The molecular weight excluding hydrogens is 356 g/mol. The Kier molecular flexibility index (Phi) is 3.86. The first-order valence-electron chi connectivity index (χ1n) is 10.1. The molecule has 2 bridgehead atoms. The molecule has 0 radical (unpaired) electrons. The molecule has 1 saturated heterocycles. The van der Waals surface area contributed by atoms with E-state index in [9.17, 15) is 14.4 Å². The van der Waals surface area contributed by atoms with Crippen molar-refractivity contribution in [2.75, 3.05) is 11.9 Å². The summed E-state index contributed by atoms with van der Waals surface area (Å²) >= 11 is 0. The van der Waals surface area contributed by atoms with Gasteiger partial charge in [0.05, 0.1) is 18.4 Å². The first-order chi connectivity index (χ1) is 13.5. The van der Waals surface area contributed by atoms with Crippen molar-refractivity contribution in [3.8, 4) is 5.75 Å². The normalized spacial score (nSPS) is 35.4. The van der Waals surface area contributed by atoms with Crippen molar-refractivity contribution in [3.05, 3.63) is 36.4 Å². The molecule has 0 unspecified atom stereocenters. The van der Waals surface area contributed by atoms with Gasteiger partial charge in [-0.3, -0.25) is 19.3 Å². The Balaban J connectivity index is 1.31. The van der Waals surface area contributed by atoms with Crippen LogP contribution in [0.3, 0.4) is 0 Å². The summed E-state index contributed by atoms with van der Waals surface area (Å²) in [7, 11) is 0. The first-order valence-corrected chi connectivity index (χ1v) is 10.1. The Morgan fingerprint density at radius 1 is 1.11 bits per heavy atom. The molecule has 1 heterocycles. The summed E-state index contributed by atoms with van der Waals surface area (Å²) in [6, 6.07) is 6.23. The Bertz CT molecular complexity index is 841. The maximum absolute atomic E-state index is 13.1. The largest absolute Gasteiger partial charge is 0.494 e. The number of nitrogens with zero attached hydrogens (tertiary/aromatic N) is 1. The van der Waals surface area contributed by atoms with Crippen LogP contribution < -0.4 is 10.1 Å². The predicted molar refractivity (Wildman–Crippen MR) is 102 cm³/mol. The zero-order chi connectivity index (χ0) is 19.6. The number of allylic oxidation sites excluding steroid dienone is 2. The third kappa shape index (κ3) is 2.43. The Morgan fingerprint density at radius 3 is 2.21 bits per heavy atom. The lowest BCUT2D eigenvalue weighted by Gasteiger charge is -2.37. The van der Waals surface area contributed by atoms with Crippen molar-refractivity contribution < 1.29 is 19.1 Å². The smallest absolute Gasteiger partial charge is 0.247 e. The summed E-state index contributed by atoms with van der Waals surface area (Å²) in [5, 5.41) is 2.81. The van der Waals surface area contributed by atoms with Crippen LogP contribution in [0.4, 0.5) is 5.69 Å². The maximum Gasteiger partial charge on any atom is 0.247 e. The lowest BCUT2D eigenvalue weighted by Crippen LogP contribution is -2.46. The zero-order valence-electron chi connectivity index (χ0n) is 16.0. The zero-order valence-corrected chi connectivity index (χ0v) is 16.0. The van der Waals surface area contributed by atoms with Crippen molar-refractivity contribution in [2.24, 2.45) is 35.5 Å². The summed E-state index contributed by atoms with van der Waals surface area (Å²) in [6.07, 6.45) is 5.41. The number of benzene rings is 1. The van der Waals surface area contributed by atoms with Gasteiger partial charge in [0.25, 0.3) is 0 Å². The highest BCUT2D eigenvalue weighted by Crippen LogP contribution is 2.65. The molecular formula is C22H24N2O4. The minimum atomic E-state index is -0.826. The third-order valence-corrected chi connectivity index (χ3v) is 6.90. The van der Waals surface area contributed by atoms with Gasteiger partial charge < -0.3 is 10.1 Å². The van der Waals surface area contributed by atoms with E-state index in [0.29, 0.717) is 24.1 Å². The van der Waals surface area contributed by atoms with Crippen LogP contribution in [0.15, 0.2) is 36.4 Å². The van der Waals surface area contributed by atoms with Gasteiger partial charge in [-0.25, -0.2) is 0 Å². The lowest BCUT2D eigenvalue weighted by atomic mass is 9.63. The second-order valence-corrected chi connectivity index (χ2v) is 8.32. The fourth-order valence-electron chi connectivity index (χ4n) is 5.53. The second-order valence-electron chi connectivity index (χ2n) is 8.32. The fraction of sp³-hybridized carbons (Fsp3) is 0.500. The number of carbonyl (C=O) groups is 3. The third-order valence-electron chi connectivity index (χ3n) is 6.90. The van der Waals surface area contributed by atoms with Gasteiger partial charge in [0, 0.05) is 5.69 Å². The molecule has 28 heavy (non-hydrogen) atoms. The van der Waals surface area contributed by atoms with Crippen LogP contribution in [0.5, 0.6) is 5.75 Å². The first kappa shape index (κ1) is 17.5. The molecule has 7 atom stereocenters. The van der Waals surface area contributed by atoms with E-state index in [2.05, 4.69) is 17.5 Å². The van der Waals surface area contributed by atoms with Gasteiger partial charge in [-0.05, 0) is 68.2 Å². The number of nitrogens with one attached hydrogen (secondary N) is 1. The summed E-state index contributed by atoms with van der Waals surface area (Å²) < 4.78 is 5.40. The number of likely N-dealkylation sites (tertiary alicyclic amines) is 1. The molecule has 6 heteroatoms. The van der Waals surface area contributed by atoms with Crippen LogP contribution in [0.25, 0.3) is 0 Å². The molecule has 5 aliphatic rings. The number of anilines is 1. The number of hydrogen-bond acceptors (Lipinski definition) is 4. The molecule has 3 fully saturated rings. The molecule has 0 aromatic heterocycles. The van der Waals surface area contributed by atoms with E-state index in [-0.39, 0.29) is 41.4 Å². The molecule has 4 aliphatic carbocycles. The number of ether oxygens (including phenoxy) is 1. The maximum atomic E-state index is 13.1. The van der Waals surface area contributed by atoms with E-state index in [1.807, 2.05) is 6.92 Å². The molecule has 1 aliphatic heterocycles. The van der Waals surface area contributed by atoms with Gasteiger partial charge in [0.15, 0.2) is 0 Å². The Morgan fingerprint density at radius 2 is 1.68 bits per heavy atom. The summed E-state index contributed by atoms with van der Waals surface area (Å²) in [4.78, 5) is 40.2. The molecule has 3 amide bonds. The van der Waals surface area contributed by atoms with Gasteiger partial charge in [-0.2, -0.15) is 0 Å². The van der Waals surface area contributed by atoms with Crippen LogP contribution >= 0.6 is 0 Å². The van der Waals surface area contributed by atoms with Crippen molar-refractivity contribution in [3.63, 3.8) is 0 Å². The van der Waals surface area contributed by atoms with E-state index in [1.54, 1.807) is 31.2 Å². The van der Waals surface area contributed by atoms with Crippen molar-refractivity contribution in [1.82, 2.24) is 4.90 Å². The molecule has 1 aromatic rings. The minimum absolute atomic E-state index is 0.169. The molecule has 0 spiro atoms. The average molecular weight is 380 g/mol. The molecule has 1 aromatic carbocycles. The van der Waals surface area contributed by atoms with Crippen LogP contribution in [0.2, 0.25) is 0 Å². The predicted octanol–water partition coefficient (Wildman–Crippen LogP) is 2.47. The van der Waals surface area contributed by atoms with Gasteiger partial charge in [0.2, 0.25) is 17.7 Å². The lowest BCUT2D eigenvalue weighted by molar-refractivity contribution is -0.146. The number of carbonyl (C=O) groups excluding carboxylic acids is 3. The van der Waals surface area contributed by atoms with Gasteiger partial charge in [-0.1, -0.05) is 12.2 Å². The number of rotatable bonds is 5. The standard InChI is InChI=1S/C22H24N2O4/c1-3-28-13-6-4-12(5-7-13)23-20(25)11(2)24-21(26)18-14-8-9-15(17-10-16(14)17)19(18)22(24)27/h4-9,11,14-19H,3,10H2,1-2H3,(H,23,25)/t11-,14-,15-,16-,17-,18+,19+/m1/s1. The van der Waals surface area contributed by atoms with Crippen LogP contribution in [-0.2, 0) is 14.4 Å². The van der Waals surface area contributed by atoms with Crippen molar-refractivity contribution in [1.29, 1.82) is 0 Å². The van der Waals surface area contributed by atoms with Gasteiger partial charge in [-0.15, -0.1) is 0 Å². The van der Waals surface area contributed by atoms with E-state index in [4.69, 9.17) is 4.74 Å². The van der Waals surface area contributed by atoms with Crippen LogP contribution in [-0.4, -0.2) is 35.3 Å².